The molecule has 3 aromatic carbocycles. The zero-order chi connectivity index (χ0) is 31.9. The molecule has 11 nitrogen and oxygen atoms in total. The average Bonchev–Trinajstić information content (AvgIpc) is 3.75. The predicted octanol–water partition coefficient (Wildman–Crippen LogP) is 4.76. The van der Waals surface area contributed by atoms with Crippen molar-refractivity contribution in [2.45, 2.75) is 49.9 Å². The highest BCUT2D eigenvalue weighted by Crippen LogP contribution is 2.22. The van der Waals surface area contributed by atoms with E-state index in [0.29, 0.717) is 29.2 Å². The van der Waals surface area contributed by atoms with Gasteiger partial charge in [-0.1, -0.05) is 42.5 Å². The summed E-state index contributed by atoms with van der Waals surface area (Å²) in [4.78, 5) is 21.1. The summed E-state index contributed by atoms with van der Waals surface area (Å²) in [5, 5.41) is 17.1. The molecule has 234 valence electrons. The van der Waals surface area contributed by atoms with Gasteiger partial charge in [-0.3, -0.25) is 9.52 Å². The summed E-state index contributed by atoms with van der Waals surface area (Å²) < 4.78 is 35.1. The van der Waals surface area contributed by atoms with Crippen LogP contribution in [0.2, 0.25) is 0 Å². The number of carbonyl (C=O) groups is 1. The lowest BCUT2D eigenvalue weighted by atomic mass is 9.99. The molecular weight excluding hydrogens is 592 g/mol. The molecule has 1 atom stereocenters. The van der Waals surface area contributed by atoms with Gasteiger partial charge in [0.2, 0.25) is 5.89 Å². The molecule has 0 aliphatic carbocycles. The summed E-state index contributed by atoms with van der Waals surface area (Å²) >= 11 is 0. The molecule has 0 aliphatic rings. The molecule has 2 heterocycles. The second-order valence-electron chi connectivity index (χ2n) is 11.3. The Morgan fingerprint density at radius 2 is 1.80 bits per heavy atom. The molecule has 0 aliphatic heterocycles. The molecule has 0 fully saturated rings. The Balaban J connectivity index is 1.10. The van der Waals surface area contributed by atoms with Crippen molar-refractivity contribution in [1.82, 2.24) is 25.2 Å². The van der Waals surface area contributed by atoms with Gasteiger partial charge in [0.25, 0.3) is 15.9 Å². The van der Waals surface area contributed by atoms with Crippen molar-refractivity contribution in [3.8, 4) is 11.3 Å². The number of rotatable bonds is 14. The number of carbonyl (C=O) groups excluding carboxylic acids is 1. The van der Waals surface area contributed by atoms with Gasteiger partial charge < -0.3 is 24.7 Å². The molecular formula is C33H36N6O5S. The Kier molecular flexibility index (Phi) is 9.77. The summed E-state index contributed by atoms with van der Waals surface area (Å²) in [6, 6.07) is 22.2. The van der Waals surface area contributed by atoms with E-state index in [4.69, 9.17) is 4.42 Å². The molecule has 4 N–H and O–H groups in total. The molecule has 2 aromatic heterocycles. The number of aliphatic hydroxyl groups excluding tert-OH is 1. The van der Waals surface area contributed by atoms with Crippen LogP contribution >= 0.6 is 0 Å². The van der Waals surface area contributed by atoms with Gasteiger partial charge in [0.15, 0.2) is 0 Å². The van der Waals surface area contributed by atoms with Gasteiger partial charge in [-0.05, 0) is 62.2 Å². The number of hydrogen-bond donors (Lipinski definition) is 4. The third-order valence-corrected chi connectivity index (χ3v) is 8.70. The molecule has 45 heavy (non-hydrogen) atoms. The monoisotopic (exact) mass is 628 g/mol. The van der Waals surface area contributed by atoms with Gasteiger partial charge >= 0.3 is 0 Å². The van der Waals surface area contributed by atoms with Crippen LogP contribution < -0.4 is 15.4 Å². The minimum absolute atomic E-state index is 0.169. The van der Waals surface area contributed by atoms with Crippen LogP contribution in [-0.2, 0) is 23.1 Å². The number of nitrogens with one attached hydrogen (secondary N) is 3. The third kappa shape index (κ3) is 8.66. The quantitative estimate of drug-likeness (QED) is 0.137. The number of aryl methyl sites for hydroxylation is 1. The summed E-state index contributed by atoms with van der Waals surface area (Å²) in [6.07, 6.45) is 6.66. The number of hydrogen-bond acceptors (Lipinski definition) is 8. The standard InChI is InChI=1S/C33H36N6O5S/c1-33(2,37-20-30(40)26-7-6-8-27(19-26)38-45(42,43)28-9-4-3-5-10-28)15-17-39-22-29(36-23-39)24-11-13-25(14-12-24)32(41)35-21-31-34-16-18-44-31/h3-14,16,18-19,22-23,30,37-38,40H,15,17,20-21H2,1-2H3,(H,35,41)/t30-/m0/s1. The highest BCUT2D eigenvalue weighted by atomic mass is 32.2. The van der Waals surface area contributed by atoms with E-state index in [9.17, 15) is 18.3 Å². The lowest BCUT2D eigenvalue weighted by Gasteiger charge is -2.28. The van der Waals surface area contributed by atoms with Crippen molar-refractivity contribution in [2.24, 2.45) is 0 Å². The van der Waals surface area contributed by atoms with Crippen molar-refractivity contribution in [3.05, 3.63) is 121 Å². The number of benzene rings is 3. The second-order valence-corrected chi connectivity index (χ2v) is 12.9. The Labute approximate surface area is 262 Å². The number of anilines is 1. The molecule has 5 aromatic rings. The number of aliphatic hydroxyl groups is 1. The molecule has 1 amide bonds. The normalized spacial score (nSPS) is 12.5. The minimum atomic E-state index is -3.73. The number of oxazole rings is 1. The van der Waals surface area contributed by atoms with E-state index in [-0.39, 0.29) is 29.4 Å². The smallest absolute Gasteiger partial charge is 0.261 e. The van der Waals surface area contributed by atoms with Crippen LogP contribution in [-0.4, -0.2) is 46.1 Å². The van der Waals surface area contributed by atoms with E-state index in [1.807, 2.05) is 22.9 Å². The van der Waals surface area contributed by atoms with Crippen LogP contribution in [0.1, 0.15) is 48.2 Å². The highest BCUT2D eigenvalue weighted by molar-refractivity contribution is 7.92. The largest absolute Gasteiger partial charge is 0.447 e. The Bertz CT molecular complexity index is 1800. The number of nitrogens with zero attached hydrogens (tertiary/aromatic N) is 3. The van der Waals surface area contributed by atoms with Gasteiger partial charge in [0, 0.05) is 41.6 Å². The van der Waals surface area contributed by atoms with E-state index < -0.39 is 16.1 Å². The van der Waals surface area contributed by atoms with Crippen molar-refractivity contribution in [3.63, 3.8) is 0 Å². The fraction of sp³-hybridized carbons (Fsp3) is 0.242. The van der Waals surface area contributed by atoms with E-state index >= 15 is 0 Å². The van der Waals surface area contributed by atoms with Crippen LogP contribution in [0.25, 0.3) is 11.3 Å². The number of sulfonamides is 1. The summed E-state index contributed by atoms with van der Waals surface area (Å²) in [5.41, 5.74) is 2.89. The Hall–Kier alpha value is -4.78. The molecule has 0 radical (unpaired) electrons. The first-order valence-electron chi connectivity index (χ1n) is 14.5. The third-order valence-electron chi connectivity index (χ3n) is 7.31. The minimum Gasteiger partial charge on any atom is -0.447 e. The summed E-state index contributed by atoms with van der Waals surface area (Å²) in [5.74, 6) is 0.225. The molecule has 0 bridgehead atoms. The van der Waals surface area contributed by atoms with Crippen LogP contribution in [0.5, 0.6) is 0 Å². The van der Waals surface area contributed by atoms with Gasteiger partial charge in [0.1, 0.15) is 6.26 Å². The maximum absolute atomic E-state index is 12.7. The molecule has 0 saturated heterocycles. The van der Waals surface area contributed by atoms with Crippen LogP contribution in [0.3, 0.4) is 0 Å². The second kappa shape index (κ2) is 13.9. The molecule has 0 spiro atoms. The average molecular weight is 629 g/mol. The predicted molar refractivity (Wildman–Crippen MR) is 171 cm³/mol. The van der Waals surface area contributed by atoms with Crippen molar-refractivity contribution >= 4 is 21.6 Å². The molecule has 5 rings (SSSR count). The van der Waals surface area contributed by atoms with Gasteiger partial charge in [0.05, 0.1) is 35.8 Å². The fourth-order valence-electron chi connectivity index (χ4n) is 4.63. The first kappa shape index (κ1) is 31.6. The van der Waals surface area contributed by atoms with Gasteiger partial charge in [-0.15, -0.1) is 0 Å². The van der Waals surface area contributed by atoms with E-state index in [2.05, 4.69) is 39.2 Å². The first-order chi connectivity index (χ1) is 21.6. The van der Waals surface area contributed by atoms with E-state index in [0.717, 1.165) is 17.7 Å². The topological polar surface area (TPSA) is 151 Å². The van der Waals surface area contributed by atoms with Crippen LogP contribution in [0.15, 0.2) is 113 Å². The van der Waals surface area contributed by atoms with Crippen molar-refractivity contribution in [1.29, 1.82) is 0 Å². The van der Waals surface area contributed by atoms with Crippen LogP contribution in [0.4, 0.5) is 5.69 Å². The molecule has 0 unspecified atom stereocenters. The SMILES string of the molecule is CC(C)(CCn1cnc(-c2ccc(C(=O)NCc3ncco3)cc2)c1)NC[C@H](O)c1cccc(NS(=O)(=O)c2ccccc2)c1. The molecule has 12 heteroatoms. The first-order valence-corrected chi connectivity index (χ1v) is 16.0. The Morgan fingerprint density at radius 1 is 1.02 bits per heavy atom. The van der Waals surface area contributed by atoms with Crippen LogP contribution in [0, 0.1) is 0 Å². The molecule has 0 saturated carbocycles. The zero-order valence-corrected chi connectivity index (χ0v) is 25.9. The maximum atomic E-state index is 12.7. The highest BCUT2D eigenvalue weighted by Gasteiger charge is 2.20. The number of β-amino-alcohol motifs (C(OH)–C–C–N with tert-alkyl or cyclic N) is 1. The Morgan fingerprint density at radius 3 is 2.53 bits per heavy atom. The van der Waals surface area contributed by atoms with E-state index in [1.54, 1.807) is 60.9 Å². The zero-order valence-electron chi connectivity index (χ0n) is 25.1. The lowest BCUT2D eigenvalue weighted by Crippen LogP contribution is -2.42. The van der Waals surface area contributed by atoms with Gasteiger partial charge in [-0.2, -0.15) is 0 Å². The summed E-state index contributed by atoms with van der Waals surface area (Å²) in [7, 11) is -3.73. The van der Waals surface area contributed by atoms with Crippen molar-refractivity contribution in [2.75, 3.05) is 11.3 Å². The van der Waals surface area contributed by atoms with Crippen molar-refractivity contribution < 1.29 is 22.7 Å². The number of amides is 1. The van der Waals surface area contributed by atoms with Gasteiger partial charge in [-0.25, -0.2) is 18.4 Å². The fourth-order valence-corrected chi connectivity index (χ4v) is 5.70. The maximum Gasteiger partial charge on any atom is 0.261 e. The summed E-state index contributed by atoms with van der Waals surface area (Å²) in [6.45, 7) is 5.33. The van der Waals surface area contributed by atoms with E-state index in [1.165, 1.54) is 24.6 Å². The number of imidazole rings is 1. The lowest BCUT2D eigenvalue weighted by molar-refractivity contribution is 0.0947. The number of aromatic nitrogens is 3.